The van der Waals surface area contributed by atoms with E-state index in [0.717, 1.165) is 17.5 Å². The second kappa shape index (κ2) is 3.97. The molecule has 0 saturated carbocycles. The van der Waals surface area contributed by atoms with Crippen LogP contribution in [0, 0.1) is 5.92 Å². The van der Waals surface area contributed by atoms with Crippen molar-refractivity contribution in [1.82, 2.24) is 0 Å². The van der Waals surface area contributed by atoms with Gasteiger partial charge in [0.15, 0.2) is 5.78 Å². The molecule has 1 aromatic rings. The largest absolute Gasteiger partial charge is 0.300 e. The summed E-state index contributed by atoms with van der Waals surface area (Å²) in [5.74, 6) is 0.225. The summed E-state index contributed by atoms with van der Waals surface area (Å²) in [6, 6.07) is 7.65. The van der Waals surface area contributed by atoms with E-state index in [1.807, 2.05) is 31.2 Å². The fourth-order valence-corrected chi connectivity index (χ4v) is 2.10. The molecule has 0 amide bonds. The average molecular weight is 202 g/mol. The van der Waals surface area contributed by atoms with Gasteiger partial charge in [-0.1, -0.05) is 31.2 Å². The van der Waals surface area contributed by atoms with Crippen LogP contribution in [0.1, 0.15) is 35.7 Å². The number of benzene rings is 1. The molecule has 1 atom stereocenters. The topological polar surface area (TPSA) is 34.1 Å². The summed E-state index contributed by atoms with van der Waals surface area (Å²) in [6.45, 7) is 1.84. The van der Waals surface area contributed by atoms with E-state index in [-0.39, 0.29) is 17.5 Å². The monoisotopic (exact) mass is 202 g/mol. The SMILES string of the molecule is CCC(=O)CC1Cc2ccccc2C1=O. The Morgan fingerprint density at radius 3 is 2.80 bits per heavy atom. The minimum atomic E-state index is -0.102. The molecule has 1 aliphatic carbocycles. The van der Waals surface area contributed by atoms with E-state index in [1.165, 1.54) is 0 Å². The maximum atomic E-state index is 11.9. The Kier molecular flexibility index (Phi) is 2.67. The number of rotatable bonds is 3. The van der Waals surface area contributed by atoms with Crippen LogP contribution in [0.15, 0.2) is 24.3 Å². The van der Waals surface area contributed by atoms with E-state index in [0.29, 0.717) is 12.8 Å². The second-order valence-electron chi connectivity index (χ2n) is 4.02. The predicted molar refractivity (Wildman–Crippen MR) is 57.9 cm³/mol. The molecule has 0 bridgehead atoms. The number of carbonyl (C=O) groups is 2. The van der Waals surface area contributed by atoms with Crippen LogP contribution in [0.3, 0.4) is 0 Å². The number of hydrogen-bond acceptors (Lipinski definition) is 2. The van der Waals surface area contributed by atoms with Gasteiger partial charge in [-0.05, 0) is 12.0 Å². The third-order valence-corrected chi connectivity index (χ3v) is 2.99. The number of hydrogen-bond donors (Lipinski definition) is 0. The van der Waals surface area contributed by atoms with Gasteiger partial charge in [0.25, 0.3) is 0 Å². The van der Waals surface area contributed by atoms with E-state index in [4.69, 9.17) is 0 Å². The number of fused-ring (bicyclic) bond motifs is 1. The molecule has 0 aliphatic heterocycles. The van der Waals surface area contributed by atoms with Crippen molar-refractivity contribution in [3.8, 4) is 0 Å². The first kappa shape index (κ1) is 10.1. The van der Waals surface area contributed by atoms with Crippen molar-refractivity contribution >= 4 is 11.6 Å². The minimum Gasteiger partial charge on any atom is -0.300 e. The molecule has 0 saturated heterocycles. The molecule has 2 heteroatoms. The second-order valence-corrected chi connectivity index (χ2v) is 4.02. The molecule has 1 aliphatic rings. The molecule has 2 rings (SSSR count). The van der Waals surface area contributed by atoms with Crippen LogP contribution < -0.4 is 0 Å². The van der Waals surface area contributed by atoms with Crippen molar-refractivity contribution in [2.24, 2.45) is 5.92 Å². The summed E-state index contributed by atoms with van der Waals surface area (Å²) in [5.41, 5.74) is 1.91. The Morgan fingerprint density at radius 1 is 1.40 bits per heavy atom. The lowest BCUT2D eigenvalue weighted by molar-refractivity contribution is -0.119. The molecule has 78 valence electrons. The maximum Gasteiger partial charge on any atom is 0.166 e. The van der Waals surface area contributed by atoms with Gasteiger partial charge in [-0.2, -0.15) is 0 Å². The van der Waals surface area contributed by atoms with Crippen LogP contribution in [0.4, 0.5) is 0 Å². The fourth-order valence-electron chi connectivity index (χ4n) is 2.10. The Hall–Kier alpha value is -1.44. The molecule has 0 fully saturated rings. The van der Waals surface area contributed by atoms with Crippen LogP contribution >= 0.6 is 0 Å². The maximum absolute atomic E-state index is 11.9. The molecule has 0 N–H and O–H groups in total. The molecule has 0 heterocycles. The van der Waals surface area contributed by atoms with Gasteiger partial charge in [-0.25, -0.2) is 0 Å². The van der Waals surface area contributed by atoms with Gasteiger partial charge in [0.1, 0.15) is 5.78 Å². The fraction of sp³-hybridized carbons (Fsp3) is 0.385. The van der Waals surface area contributed by atoms with Crippen LogP contribution in [-0.4, -0.2) is 11.6 Å². The van der Waals surface area contributed by atoms with Crippen LogP contribution in [-0.2, 0) is 11.2 Å². The first-order chi connectivity index (χ1) is 7.22. The van der Waals surface area contributed by atoms with E-state index in [9.17, 15) is 9.59 Å². The summed E-state index contributed by atoms with van der Waals surface area (Å²) < 4.78 is 0. The highest BCUT2D eigenvalue weighted by Crippen LogP contribution is 2.28. The van der Waals surface area contributed by atoms with Gasteiger partial charge >= 0.3 is 0 Å². The number of ketones is 2. The first-order valence-electron chi connectivity index (χ1n) is 5.36. The highest BCUT2D eigenvalue weighted by atomic mass is 16.1. The van der Waals surface area contributed by atoms with Crippen molar-refractivity contribution < 1.29 is 9.59 Å². The molecule has 1 aromatic carbocycles. The Labute approximate surface area is 89.3 Å². The summed E-state index contributed by atoms with van der Waals surface area (Å²) >= 11 is 0. The van der Waals surface area contributed by atoms with Gasteiger partial charge in [0.05, 0.1) is 0 Å². The zero-order valence-corrected chi connectivity index (χ0v) is 8.82. The van der Waals surface area contributed by atoms with Crippen molar-refractivity contribution in [2.45, 2.75) is 26.2 Å². The van der Waals surface area contributed by atoms with E-state index in [1.54, 1.807) is 0 Å². The molecule has 0 spiro atoms. The average Bonchev–Trinajstić information content (AvgIpc) is 2.57. The lowest BCUT2D eigenvalue weighted by atomic mass is 9.97. The highest BCUT2D eigenvalue weighted by molar-refractivity contribution is 6.04. The third kappa shape index (κ3) is 1.84. The first-order valence-corrected chi connectivity index (χ1v) is 5.36. The molecular weight excluding hydrogens is 188 g/mol. The quantitative estimate of drug-likeness (QED) is 0.754. The Morgan fingerprint density at radius 2 is 2.13 bits per heavy atom. The lowest BCUT2D eigenvalue weighted by Crippen LogP contribution is -2.13. The molecule has 0 aromatic heterocycles. The van der Waals surface area contributed by atoms with Crippen molar-refractivity contribution in [3.05, 3.63) is 35.4 Å². The number of Topliss-reactive ketones (excluding diaryl/α,β-unsaturated/α-hetero) is 2. The van der Waals surface area contributed by atoms with E-state index < -0.39 is 0 Å². The third-order valence-electron chi connectivity index (χ3n) is 2.99. The molecular formula is C13H14O2. The van der Waals surface area contributed by atoms with Crippen LogP contribution in [0.5, 0.6) is 0 Å². The summed E-state index contributed by atoms with van der Waals surface area (Å²) in [7, 11) is 0. The van der Waals surface area contributed by atoms with Crippen molar-refractivity contribution in [1.29, 1.82) is 0 Å². The normalized spacial score (nSPS) is 19.0. The number of carbonyl (C=O) groups excluding carboxylic acids is 2. The van der Waals surface area contributed by atoms with Crippen LogP contribution in [0.25, 0.3) is 0 Å². The van der Waals surface area contributed by atoms with Gasteiger partial charge in [0, 0.05) is 24.3 Å². The Balaban J connectivity index is 2.17. The van der Waals surface area contributed by atoms with E-state index >= 15 is 0 Å². The molecule has 15 heavy (non-hydrogen) atoms. The zero-order valence-electron chi connectivity index (χ0n) is 8.82. The summed E-state index contributed by atoms with van der Waals surface area (Å²) in [5, 5.41) is 0. The lowest BCUT2D eigenvalue weighted by Gasteiger charge is -2.04. The van der Waals surface area contributed by atoms with Crippen molar-refractivity contribution in [3.63, 3.8) is 0 Å². The van der Waals surface area contributed by atoms with Gasteiger partial charge < -0.3 is 0 Å². The summed E-state index contributed by atoms with van der Waals surface area (Å²) in [4.78, 5) is 23.2. The highest BCUT2D eigenvalue weighted by Gasteiger charge is 2.30. The molecule has 0 radical (unpaired) electrons. The predicted octanol–water partition coefficient (Wildman–Crippen LogP) is 2.41. The minimum absolute atomic E-state index is 0.102. The summed E-state index contributed by atoms with van der Waals surface area (Å²) in [6.07, 6.45) is 1.67. The Bertz CT molecular complexity index is 407. The van der Waals surface area contributed by atoms with E-state index in [2.05, 4.69) is 0 Å². The van der Waals surface area contributed by atoms with Crippen molar-refractivity contribution in [2.75, 3.05) is 0 Å². The smallest absolute Gasteiger partial charge is 0.166 e. The zero-order chi connectivity index (χ0) is 10.8. The van der Waals surface area contributed by atoms with Crippen LogP contribution in [0.2, 0.25) is 0 Å². The molecule has 2 nitrogen and oxygen atoms in total. The van der Waals surface area contributed by atoms with Gasteiger partial charge in [-0.15, -0.1) is 0 Å². The van der Waals surface area contributed by atoms with Gasteiger partial charge in [0.2, 0.25) is 0 Å². The molecule has 1 unspecified atom stereocenters. The van der Waals surface area contributed by atoms with Gasteiger partial charge in [-0.3, -0.25) is 9.59 Å². The standard InChI is InChI=1S/C13H14O2/c1-2-11(14)8-10-7-9-5-3-4-6-12(9)13(10)15/h3-6,10H,2,7-8H2,1H3.